The zero-order valence-corrected chi connectivity index (χ0v) is 46.2. The van der Waals surface area contributed by atoms with Crippen LogP contribution in [0.3, 0.4) is 0 Å². The summed E-state index contributed by atoms with van der Waals surface area (Å²) in [5.41, 5.74) is 18.0. The molecular weight excluding hydrogens is 989 g/mol. The van der Waals surface area contributed by atoms with E-state index in [-0.39, 0.29) is 10.8 Å². The van der Waals surface area contributed by atoms with Crippen LogP contribution in [-0.2, 0) is 10.8 Å². The maximum atomic E-state index is 6.98. The van der Waals surface area contributed by atoms with E-state index in [1.807, 2.05) is 12.1 Å². The lowest BCUT2D eigenvalue weighted by Crippen LogP contribution is -2.14. The smallest absolute Gasteiger partial charge is 0.160 e. The molecule has 0 radical (unpaired) electrons. The molecule has 0 atom stereocenters. The van der Waals surface area contributed by atoms with Crippen LogP contribution < -0.4 is 9.80 Å². The second kappa shape index (κ2) is 18.4. The van der Waals surface area contributed by atoms with Crippen molar-refractivity contribution in [2.75, 3.05) is 9.80 Å². The molecule has 5 heteroatoms. The summed E-state index contributed by atoms with van der Waals surface area (Å²) in [7, 11) is 0. The lowest BCUT2D eigenvalue weighted by atomic mass is 9.87. The molecule has 0 fully saturated rings. The van der Waals surface area contributed by atoms with Crippen molar-refractivity contribution in [2.45, 2.75) is 52.4 Å². The van der Waals surface area contributed by atoms with E-state index in [2.05, 4.69) is 282 Å². The molecule has 15 aromatic rings. The fourth-order valence-corrected chi connectivity index (χ4v) is 12.2. The summed E-state index contributed by atoms with van der Waals surface area (Å²) >= 11 is 0. The zero-order valence-electron chi connectivity index (χ0n) is 46.2. The van der Waals surface area contributed by atoms with Crippen molar-refractivity contribution in [3.63, 3.8) is 0 Å². The highest BCUT2D eigenvalue weighted by molar-refractivity contribution is 6.17. The first-order chi connectivity index (χ1) is 39.4. The van der Waals surface area contributed by atoms with Gasteiger partial charge in [0.1, 0.15) is 22.3 Å². The molecule has 0 saturated heterocycles. The molecule has 12 aromatic carbocycles. The summed E-state index contributed by atoms with van der Waals surface area (Å²) in [4.78, 5) is 4.76. The first kappa shape index (κ1) is 48.3. The zero-order chi connectivity index (χ0) is 54.7. The van der Waals surface area contributed by atoms with Gasteiger partial charge in [0.25, 0.3) is 0 Å². The molecule has 0 aliphatic heterocycles. The minimum Gasteiger partial charge on any atom is -0.456 e. The number of rotatable bonds is 8. The average Bonchev–Trinajstić information content (AvgIpc) is 4.41. The Kier molecular flexibility index (Phi) is 11.0. The third-order valence-corrected chi connectivity index (χ3v) is 16.5. The Labute approximate surface area is 470 Å². The van der Waals surface area contributed by atoms with Crippen LogP contribution in [0, 0.1) is 0 Å². The highest BCUT2D eigenvalue weighted by atomic mass is 16.3. The minimum atomic E-state index is -0.0103. The summed E-state index contributed by atoms with van der Waals surface area (Å²) in [6.07, 6.45) is 0. The predicted molar refractivity (Wildman–Crippen MR) is 341 cm³/mol. The summed E-state index contributed by atoms with van der Waals surface area (Å²) in [5, 5.41) is 10.9. The molecule has 390 valence electrons. The van der Waals surface area contributed by atoms with E-state index in [9.17, 15) is 0 Å². The molecule has 0 spiro atoms. The van der Waals surface area contributed by atoms with Crippen LogP contribution in [0.25, 0.3) is 110 Å². The Morgan fingerprint density at radius 2 is 0.654 bits per heavy atom. The summed E-state index contributed by atoms with van der Waals surface area (Å²) in [5.74, 6) is 0. The largest absolute Gasteiger partial charge is 0.456 e. The van der Waals surface area contributed by atoms with Crippen LogP contribution in [0.5, 0.6) is 0 Å². The van der Waals surface area contributed by atoms with Crippen LogP contribution in [0.15, 0.2) is 256 Å². The number of para-hydroxylation sites is 2. The third-order valence-electron chi connectivity index (χ3n) is 16.5. The Bertz CT molecular complexity index is 4620. The van der Waals surface area contributed by atoms with Crippen molar-refractivity contribution >= 4 is 121 Å². The fraction of sp³-hybridized carbons (Fsp3) is 0.105. The number of hydrogen-bond donors (Lipinski definition) is 0. The monoisotopic (exact) mass is 1050 g/mol. The fourth-order valence-electron chi connectivity index (χ4n) is 12.2. The number of benzene rings is 12. The van der Waals surface area contributed by atoms with Gasteiger partial charge in [0, 0.05) is 66.2 Å². The number of nitrogens with zero attached hydrogens (tertiary/aromatic N) is 2. The van der Waals surface area contributed by atoms with Gasteiger partial charge in [-0.05, 0) is 152 Å². The van der Waals surface area contributed by atoms with E-state index in [1.54, 1.807) is 0 Å². The highest BCUT2D eigenvalue weighted by Gasteiger charge is 2.28. The number of furan rings is 3. The van der Waals surface area contributed by atoms with E-state index in [0.29, 0.717) is 0 Å². The van der Waals surface area contributed by atoms with Gasteiger partial charge >= 0.3 is 0 Å². The molecule has 0 amide bonds. The first-order valence-electron chi connectivity index (χ1n) is 28.0. The van der Waals surface area contributed by atoms with Gasteiger partial charge in [-0.3, -0.25) is 0 Å². The van der Waals surface area contributed by atoms with E-state index in [1.165, 1.54) is 11.1 Å². The Morgan fingerprint density at radius 3 is 1.06 bits per heavy atom. The van der Waals surface area contributed by atoms with Crippen LogP contribution in [-0.4, -0.2) is 0 Å². The molecule has 0 aliphatic rings. The molecule has 15 rings (SSSR count). The van der Waals surface area contributed by atoms with Crippen LogP contribution in [0.2, 0.25) is 0 Å². The van der Waals surface area contributed by atoms with Gasteiger partial charge in [0.15, 0.2) is 11.2 Å². The normalized spacial score (nSPS) is 12.3. The molecule has 3 aromatic heterocycles. The van der Waals surface area contributed by atoms with Gasteiger partial charge < -0.3 is 23.1 Å². The van der Waals surface area contributed by atoms with Gasteiger partial charge in [-0.1, -0.05) is 187 Å². The van der Waals surface area contributed by atoms with Crippen molar-refractivity contribution in [1.29, 1.82) is 0 Å². The maximum absolute atomic E-state index is 6.98. The topological polar surface area (TPSA) is 45.9 Å². The standard InChI is InChI=1S/C76H58N2O3/c1-75(2,3)53-27-33-55(34-28-53)77(71-59(47-17-9-7-10-18-47)37-39-63-61-21-13-15-23-67(61)80-73(63)71)57-31-25-49-43-65-66-44-50-26-32-58(42-52(50)46-70(66)79-69(65)45-51(49)41-57)78(56-35-29-54(30-36-56)76(4,5)6)72-60(48-19-11-8-12-20-48)38-40-64-62-22-14-16-24-68(62)81-74(64)72/h7-46H,1-6H3. The van der Waals surface area contributed by atoms with Gasteiger partial charge in [-0.2, -0.15) is 0 Å². The number of fused-ring (bicyclic) bond motifs is 11. The third kappa shape index (κ3) is 8.14. The Balaban J connectivity index is 0.899. The molecule has 0 bridgehead atoms. The van der Waals surface area contributed by atoms with Gasteiger partial charge in [-0.25, -0.2) is 0 Å². The van der Waals surface area contributed by atoms with Gasteiger partial charge in [-0.15, -0.1) is 0 Å². The minimum absolute atomic E-state index is 0.0103. The predicted octanol–water partition coefficient (Wildman–Crippen LogP) is 22.6. The molecule has 0 unspecified atom stereocenters. The lowest BCUT2D eigenvalue weighted by Gasteiger charge is -2.29. The summed E-state index contributed by atoms with van der Waals surface area (Å²) in [6, 6.07) is 87.6. The molecular formula is C76H58N2O3. The molecule has 0 aliphatic carbocycles. The van der Waals surface area contributed by atoms with Crippen LogP contribution in [0.4, 0.5) is 34.1 Å². The highest BCUT2D eigenvalue weighted by Crippen LogP contribution is 2.51. The Hall–Kier alpha value is -9.84. The molecule has 81 heavy (non-hydrogen) atoms. The molecule has 5 nitrogen and oxygen atoms in total. The second-order valence-corrected chi connectivity index (χ2v) is 23.7. The number of hydrogen-bond acceptors (Lipinski definition) is 5. The first-order valence-corrected chi connectivity index (χ1v) is 28.0. The van der Waals surface area contributed by atoms with Crippen molar-refractivity contribution in [3.8, 4) is 22.3 Å². The Morgan fingerprint density at radius 1 is 0.272 bits per heavy atom. The van der Waals surface area contributed by atoms with E-state index >= 15 is 0 Å². The van der Waals surface area contributed by atoms with Crippen molar-refractivity contribution in [1.82, 2.24) is 0 Å². The molecule has 3 heterocycles. The van der Waals surface area contributed by atoms with Crippen molar-refractivity contribution < 1.29 is 13.3 Å². The average molecular weight is 1050 g/mol. The number of anilines is 6. The SMILES string of the molecule is CC(C)(C)c1ccc(N(c2ccc3cc4c(cc3c2)oc2cc3cc(N(c5ccc(C(C)(C)C)cc5)c5c(-c6ccccc6)ccc6c5oc5ccccc56)ccc3cc24)c2c(-c3ccccc3)ccc3c2oc2ccccc23)cc1. The quantitative estimate of drug-likeness (QED) is 0.152. The van der Waals surface area contributed by atoms with E-state index < -0.39 is 0 Å². The summed E-state index contributed by atoms with van der Waals surface area (Å²) < 4.78 is 20.8. The maximum Gasteiger partial charge on any atom is 0.160 e. The van der Waals surface area contributed by atoms with Gasteiger partial charge in [0.2, 0.25) is 0 Å². The van der Waals surface area contributed by atoms with Crippen molar-refractivity contribution in [2.24, 2.45) is 0 Å². The summed E-state index contributed by atoms with van der Waals surface area (Å²) in [6.45, 7) is 13.6. The van der Waals surface area contributed by atoms with Crippen molar-refractivity contribution in [3.05, 3.63) is 254 Å². The van der Waals surface area contributed by atoms with E-state index in [0.717, 1.165) is 144 Å². The lowest BCUT2D eigenvalue weighted by molar-refractivity contribution is 0.590. The molecule has 0 N–H and O–H groups in total. The van der Waals surface area contributed by atoms with Gasteiger partial charge in [0.05, 0.1) is 11.4 Å². The second-order valence-electron chi connectivity index (χ2n) is 23.7. The molecule has 0 saturated carbocycles. The van der Waals surface area contributed by atoms with E-state index in [4.69, 9.17) is 13.3 Å². The van der Waals surface area contributed by atoms with Crippen LogP contribution >= 0.6 is 0 Å². The van der Waals surface area contributed by atoms with Crippen LogP contribution in [0.1, 0.15) is 52.7 Å².